The lowest BCUT2D eigenvalue weighted by molar-refractivity contribution is -0.130. The van der Waals surface area contributed by atoms with Crippen molar-refractivity contribution >= 4 is 33.5 Å². The molecular formula is C34H31N5O3. The second kappa shape index (κ2) is 10.7. The smallest absolute Gasteiger partial charge is 0.219 e. The van der Waals surface area contributed by atoms with Gasteiger partial charge in [-0.2, -0.15) is 5.10 Å². The highest BCUT2D eigenvalue weighted by Crippen LogP contribution is 2.37. The van der Waals surface area contributed by atoms with Crippen LogP contribution >= 0.6 is 0 Å². The van der Waals surface area contributed by atoms with Gasteiger partial charge < -0.3 is 19.8 Å². The Hall–Kier alpha value is -5.11. The maximum absolute atomic E-state index is 11.7. The molecular weight excluding hydrogens is 526 g/mol. The second-order valence-corrected chi connectivity index (χ2v) is 10.8. The van der Waals surface area contributed by atoms with Crippen molar-refractivity contribution in [2.24, 2.45) is 0 Å². The molecule has 7 rings (SSSR count). The van der Waals surface area contributed by atoms with Crippen molar-refractivity contribution in [3.63, 3.8) is 0 Å². The number of hydrogen-bond donors (Lipinski definition) is 1. The summed E-state index contributed by atoms with van der Waals surface area (Å²) in [5.41, 5.74) is 10.7. The van der Waals surface area contributed by atoms with Crippen LogP contribution in [0.3, 0.4) is 0 Å². The molecule has 1 amide bonds. The third-order valence-corrected chi connectivity index (χ3v) is 8.17. The zero-order chi connectivity index (χ0) is 28.6. The van der Waals surface area contributed by atoms with Crippen LogP contribution in [0.1, 0.15) is 31.4 Å². The summed E-state index contributed by atoms with van der Waals surface area (Å²) in [5.74, 6) is 2.07. The molecule has 0 bridgehead atoms. The molecule has 1 aliphatic heterocycles. The summed E-state index contributed by atoms with van der Waals surface area (Å²) in [6.07, 6.45) is 7.47. The number of fused-ring (bicyclic) bond motifs is 2. The summed E-state index contributed by atoms with van der Waals surface area (Å²) >= 11 is 0. The number of nitrogen functional groups attached to an aromatic ring is 1. The van der Waals surface area contributed by atoms with E-state index in [9.17, 15) is 4.79 Å². The normalized spacial score (nSPS) is 14.1. The molecule has 42 heavy (non-hydrogen) atoms. The summed E-state index contributed by atoms with van der Waals surface area (Å²) < 4.78 is 14.4. The molecule has 0 saturated carbocycles. The fourth-order valence-corrected chi connectivity index (χ4v) is 5.79. The Balaban J connectivity index is 1.10. The Morgan fingerprint density at radius 2 is 1.76 bits per heavy atom. The van der Waals surface area contributed by atoms with Gasteiger partial charge in [0.15, 0.2) is 11.4 Å². The molecule has 3 aromatic heterocycles. The van der Waals surface area contributed by atoms with E-state index in [1.165, 1.54) is 0 Å². The average Bonchev–Trinajstić information content (AvgIpc) is 3.70. The van der Waals surface area contributed by atoms with Crippen LogP contribution in [-0.4, -0.2) is 38.7 Å². The highest BCUT2D eigenvalue weighted by molar-refractivity contribution is 6.00. The van der Waals surface area contributed by atoms with Gasteiger partial charge in [0, 0.05) is 59.9 Å². The van der Waals surface area contributed by atoms with Crippen molar-refractivity contribution in [2.45, 2.75) is 32.4 Å². The molecule has 0 atom stereocenters. The molecule has 8 heteroatoms. The zero-order valence-corrected chi connectivity index (χ0v) is 23.4. The third-order valence-electron chi connectivity index (χ3n) is 8.17. The summed E-state index contributed by atoms with van der Waals surface area (Å²) in [6, 6.07) is 24.8. The lowest BCUT2D eigenvalue weighted by Crippen LogP contribution is -2.37. The van der Waals surface area contributed by atoms with E-state index >= 15 is 0 Å². The van der Waals surface area contributed by atoms with Gasteiger partial charge >= 0.3 is 0 Å². The summed E-state index contributed by atoms with van der Waals surface area (Å²) in [5, 5.41) is 7.81. The first-order chi connectivity index (χ1) is 20.5. The maximum Gasteiger partial charge on any atom is 0.219 e. The van der Waals surface area contributed by atoms with E-state index in [4.69, 9.17) is 14.9 Å². The molecule has 0 aliphatic carbocycles. The van der Waals surface area contributed by atoms with Gasteiger partial charge in [-0.05, 0) is 35.9 Å². The number of piperidine rings is 1. The van der Waals surface area contributed by atoms with Crippen LogP contribution in [0.15, 0.2) is 95.8 Å². The summed E-state index contributed by atoms with van der Waals surface area (Å²) in [6.45, 7) is 3.60. The Bertz CT molecular complexity index is 1890. The first-order valence-electron chi connectivity index (χ1n) is 14.2. The minimum atomic E-state index is 0.129. The van der Waals surface area contributed by atoms with Gasteiger partial charge in [0.25, 0.3) is 0 Å². The number of carbonyl (C=O) groups excluding carboxylic acids is 1. The number of carbonyl (C=O) groups is 1. The molecule has 1 fully saturated rings. The summed E-state index contributed by atoms with van der Waals surface area (Å²) in [7, 11) is 0. The average molecular weight is 558 g/mol. The van der Waals surface area contributed by atoms with Crippen LogP contribution < -0.4 is 10.5 Å². The Morgan fingerprint density at radius 3 is 2.57 bits per heavy atom. The number of rotatable bonds is 6. The van der Waals surface area contributed by atoms with Crippen molar-refractivity contribution in [3.8, 4) is 28.2 Å². The lowest BCUT2D eigenvalue weighted by atomic mass is 10.0. The Labute approximate surface area is 243 Å². The molecule has 6 aromatic rings. The van der Waals surface area contributed by atoms with Crippen molar-refractivity contribution in [1.82, 2.24) is 19.7 Å². The lowest BCUT2D eigenvalue weighted by Gasteiger charge is -2.31. The maximum atomic E-state index is 11.7. The molecule has 1 saturated heterocycles. The fourth-order valence-electron chi connectivity index (χ4n) is 5.79. The number of ether oxygens (including phenoxy) is 1. The number of nitrogens with two attached hydrogens (primary N) is 1. The van der Waals surface area contributed by atoms with Crippen molar-refractivity contribution in [2.75, 3.05) is 18.8 Å². The molecule has 1 aliphatic rings. The minimum absolute atomic E-state index is 0.129. The predicted molar refractivity (Wildman–Crippen MR) is 164 cm³/mol. The minimum Gasteiger partial charge on any atom is -0.488 e. The van der Waals surface area contributed by atoms with E-state index in [1.807, 2.05) is 58.2 Å². The molecule has 210 valence electrons. The van der Waals surface area contributed by atoms with Crippen molar-refractivity contribution < 1.29 is 13.9 Å². The van der Waals surface area contributed by atoms with E-state index in [1.54, 1.807) is 13.1 Å². The van der Waals surface area contributed by atoms with E-state index in [2.05, 4.69) is 46.6 Å². The second-order valence-electron chi connectivity index (χ2n) is 10.8. The van der Waals surface area contributed by atoms with Crippen molar-refractivity contribution in [3.05, 3.63) is 97.0 Å². The largest absolute Gasteiger partial charge is 0.488 e. The van der Waals surface area contributed by atoms with Crippen LogP contribution in [-0.2, 0) is 11.4 Å². The molecule has 0 unspecified atom stereocenters. The van der Waals surface area contributed by atoms with E-state index in [-0.39, 0.29) is 11.9 Å². The predicted octanol–water partition coefficient (Wildman–Crippen LogP) is 6.86. The number of benzene rings is 3. The molecule has 8 nitrogen and oxygen atoms in total. The van der Waals surface area contributed by atoms with E-state index in [0.29, 0.717) is 18.0 Å². The van der Waals surface area contributed by atoms with Gasteiger partial charge in [0.05, 0.1) is 12.2 Å². The van der Waals surface area contributed by atoms with Gasteiger partial charge in [-0.3, -0.25) is 9.48 Å². The number of likely N-dealkylation sites (tertiary alicyclic amines) is 1. The molecule has 0 radical (unpaired) electrons. The first-order valence-corrected chi connectivity index (χ1v) is 14.2. The Morgan fingerprint density at radius 1 is 0.976 bits per heavy atom. The molecule has 4 heterocycles. The van der Waals surface area contributed by atoms with Crippen LogP contribution in [0.2, 0.25) is 0 Å². The Kier molecular flexibility index (Phi) is 6.58. The van der Waals surface area contributed by atoms with Gasteiger partial charge in [-0.15, -0.1) is 0 Å². The highest BCUT2D eigenvalue weighted by atomic mass is 16.5. The number of hydrogen-bond acceptors (Lipinski definition) is 6. The van der Waals surface area contributed by atoms with Crippen LogP contribution in [0, 0.1) is 0 Å². The molecule has 3 aromatic carbocycles. The number of furan rings is 1. The first kappa shape index (κ1) is 25.8. The quantitative estimate of drug-likeness (QED) is 0.240. The zero-order valence-electron chi connectivity index (χ0n) is 23.4. The van der Waals surface area contributed by atoms with Crippen LogP contribution in [0.5, 0.6) is 5.75 Å². The van der Waals surface area contributed by atoms with Crippen LogP contribution in [0.4, 0.5) is 5.82 Å². The van der Waals surface area contributed by atoms with Crippen molar-refractivity contribution in [1.29, 1.82) is 0 Å². The molecule has 2 N–H and O–H groups in total. The standard InChI is InChI=1S/C34H31N5O3/c1-22(40)38-15-13-27(14-16-38)39-20-26(18-37-39)30-19-36-34(35)33-29(30)17-32(42-33)25-11-9-23(10-12-25)21-41-31-8-4-6-24-5-2-3-7-28(24)31/h2-12,17-20,27H,13-16,21H2,1H3,(H2,35,36). The van der Waals surface area contributed by atoms with Gasteiger partial charge in [-0.1, -0.05) is 60.7 Å². The molecule has 0 spiro atoms. The SMILES string of the molecule is CC(=O)N1CCC(n2cc(-c3cnc(N)c4oc(-c5ccc(COc6cccc7ccccc67)cc5)cc34)cn2)CC1. The number of pyridine rings is 1. The monoisotopic (exact) mass is 557 g/mol. The summed E-state index contributed by atoms with van der Waals surface area (Å²) in [4.78, 5) is 18.0. The number of amides is 1. The fraction of sp³-hybridized carbons (Fsp3) is 0.206. The van der Waals surface area contributed by atoms with Crippen LogP contribution in [0.25, 0.3) is 44.2 Å². The topological polar surface area (TPSA) is 99.4 Å². The van der Waals surface area contributed by atoms with Gasteiger partial charge in [-0.25, -0.2) is 4.98 Å². The number of anilines is 1. The highest BCUT2D eigenvalue weighted by Gasteiger charge is 2.23. The number of aromatic nitrogens is 3. The number of nitrogens with zero attached hydrogens (tertiary/aromatic N) is 4. The van der Waals surface area contributed by atoms with Gasteiger partial charge in [0.2, 0.25) is 5.91 Å². The third kappa shape index (κ3) is 4.85. The van der Waals surface area contributed by atoms with E-state index < -0.39 is 0 Å². The van der Waals surface area contributed by atoms with Gasteiger partial charge in [0.1, 0.15) is 18.1 Å². The van der Waals surface area contributed by atoms with E-state index in [0.717, 1.165) is 75.9 Å².